The third kappa shape index (κ3) is 2.09. The summed E-state index contributed by atoms with van der Waals surface area (Å²) in [5, 5.41) is 0. The van der Waals surface area contributed by atoms with Gasteiger partial charge in [0.05, 0.1) is 0 Å². The highest BCUT2D eigenvalue weighted by atomic mass is 16.7. The van der Waals surface area contributed by atoms with Crippen LogP contribution in [-0.2, 0) is 6.42 Å². The Balaban J connectivity index is 2.16. The lowest BCUT2D eigenvalue weighted by atomic mass is 10.1. The number of aryl methyl sites for hydroxylation is 1. The zero-order valence-electron chi connectivity index (χ0n) is 9.62. The van der Waals surface area contributed by atoms with Gasteiger partial charge in [0.15, 0.2) is 11.5 Å². The lowest BCUT2D eigenvalue weighted by Gasteiger charge is -2.12. The molecule has 2 rings (SSSR count). The van der Waals surface area contributed by atoms with Gasteiger partial charge in [-0.3, -0.25) is 0 Å². The fourth-order valence-electron chi connectivity index (χ4n) is 1.73. The fourth-order valence-corrected chi connectivity index (χ4v) is 1.73. The summed E-state index contributed by atoms with van der Waals surface area (Å²) in [4.78, 5) is 0. The maximum atomic E-state index is 5.73. The van der Waals surface area contributed by atoms with Crippen LogP contribution in [-0.4, -0.2) is 6.29 Å². The van der Waals surface area contributed by atoms with Gasteiger partial charge in [-0.1, -0.05) is 33.3 Å². The van der Waals surface area contributed by atoms with Crippen molar-refractivity contribution in [2.75, 3.05) is 0 Å². The Morgan fingerprint density at radius 3 is 2.60 bits per heavy atom. The highest BCUT2D eigenvalue weighted by Crippen LogP contribution is 2.37. The molecule has 0 N–H and O–H groups in total. The average Bonchev–Trinajstić information content (AvgIpc) is 2.61. The van der Waals surface area contributed by atoms with Gasteiger partial charge in [0, 0.05) is 5.92 Å². The Hall–Kier alpha value is -1.18. The molecular formula is C13H18O2. The molecule has 0 aliphatic carbocycles. The van der Waals surface area contributed by atoms with Gasteiger partial charge in [-0.15, -0.1) is 0 Å². The molecule has 0 amide bonds. The van der Waals surface area contributed by atoms with Crippen molar-refractivity contribution in [3.63, 3.8) is 0 Å². The van der Waals surface area contributed by atoms with Gasteiger partial charge in [-0.2, -0.15) is 0 Å². The number of fused-ring (bicyclic) bond motifs is 1. The first kappa shape index (κ1) is 10.3. The SMILES string of the molecule is CCCc1ccc2c(c1)OC(C(C)C)O2. The van der Waals surface area contributed by atoms with Crippen molar-refractivity contribution < 1.29 is 9.47 Å². The van der Waals surface area contributed by atoms with Gasteiger partial charge < -0.3 is 9.47 Å². The van der Waals surface area contributed by atoms with Crippen LogP contribution in [0.15, 0.2) is 18.2 Å². The van der Waals surface area contributed by atoms with E-state index in [4.69, 9.17) is 9.47 Å². The molecule has 2 heteroatoms. The van der Waals surface area contributed by atoms with E-state index >= 15 is 0 Å². The molecule has 0 fully saturated rings. The molecule has 1 aliphatic rings. The topological polar surface area (TPSA) is 18.5 Å². The molecule has 82 valence electrons. The first-order valence-corrected chi connectivity index (χ1v) is 5.67. The number of benzene rings is 1. The van der Waals surface area contributed by atoms with Crippen LogP contribution < -0.4 is 9.47 Å². The van der Waals surface area contributed by atoms with Crippen molar-refractivity contribution in [1.29, 1.82) is 0 Å². The molecule has 0 radical (unpaired) electrons. The lowest BCUT2D eigenvalue weighted by Crippen LogP contribution is -2.24. The average molecular weight is 206 g/mol. The minimum Gasteiger partial charge on any atom is -0.451 e. The highest BCUT2D eigenvalue weighted by molar-refractivity contribution is 5.45. The number of rotatable bonds is 3. The van der Waals surface area contributed by atoms with Crippen molar-refractivity contribution in [3.05, 3.63) is 23.8 Å². The molecule has 1 aromatic rings. The Morgan fingerprint density at radius 2 is 1.93 bits per heavy atom. The minimum atomic E-state index is -0.114. The van der Waals surface area contributed by atoms with Gasteiger partial charge in [0.2, 0.25) is 6.29 Å². The number of hydrogen-bond acceptors (Lipinski definition) is 2. The van der Waals surface area contributed by atoms with Gasteiger partial charge in [-0.25, -0.2) is 0 Å². The molecule has 0 aromatic heterocycles. The summed E-state index contributed by atoms with van der Waals surface area (Å²) in [7, 11) is 0. The van der Waals surface area contributed by atoms with Crippen LogP contribution in [0.4, 0.5) is 0 Å². The smallest absolute Gasteiger partial charge is 0.243 e. The summed E-state index contributed by atoms with van der Waals surface area (Å²) in [6.45, 7) is 6.38. The second kappa shape index (κ2) is 4.13. The third-order valence-corrected chi connectivity index (χ3v) is 2.58. The normalized spacial score (nSPS) is 18.5. The molecule has 0 spiro atoms. The zero-order chi connectivity index (χ0) is 10.8. The van der Waals surface area contributed by atoms with Gasteiger partial charge >= 0.3 is 0 Å². The Kier molecular flexibility index (Phi) is 2.85. The Labute approximate surface area is 91.2 Å². The zero-order valence-corrected chi connectivity index (χ0v) is 9.62. The molecule has 1 unspecified atom stereocenters. The van der Waals surface area contributed by atoms with Crippen LogP contribution in [0.25, 0.3) is 0 Å². The Morgan fingerprint density at radius 1 is 1.20 bits per heavy atom. The van der Waals surface area contributed by atoms with E-state index in [1.807, 2.05) is 6.07 Å². The fraction of sp³-hybridized carbons (Fsp3) is 0.538. The summed E-state index contributed by atoms with van der Waals surface area (Å²) in [6.07, 6.45) is 2.15. The van der Waals surface area contributed by atoms with Gasteiger partial charge in [0.1, 0.15) is 0 Å². The molecule has 1 heterocycles. The molecule has 1 aliphatic heterocycles. The van der Waals surface area contributed by atoms with E-state index in [0.717, 1.165) is 24.3 Å². The van der Waals surface area contributed by atoms with Crippen molar-refractivity contribution in [3.8, 4) is 11.5 Å². The summed E-state index contributed by atoms with van der Waals surface area (Å²) in [6, 6.07) is 6.23. The molecule has 0 saturated heterocycles. The largest absolute Gasteiger partial charge is 0.451 e. The summed E-state index contributed by atoms with van der Waals surface area (Å²) >= 11 is 0. The van der Waals surface area contributed by atoms with Crippen molar-refractivity contribution in [2.45, 2.75) is 39.9 Å². The van der Waals surface area contributed by atoms with Gasteiger partial charge in [0.25, 0.3) is 0 Å². The quantitative estimate of drug-likeness (QED) is 0.754. The monoisotopic (exact) mass is 206 g/mol. The molecule has 1 atom stereocenters. The minimum absolute atomic E-state index is 0.114. The molecular weight excluding hydrogens is 188 g/mol. The van der Waals surface area contributed by atoms with E-state index in [1.54, 1.807) is 0 Å². The van der Waals surface area contributed by atoms with Crippen LogP contribution >= 0.6 is 0 Å². The standard InChI is InChI=1S/C13H18O2/c1-4-5-10-6-7-11-12(8-10)15-13(14-11)9(2)3/h6-9,13H,4-5H2,1-3H3. The van der Waals surface area contributed by atoms with Crippen molar-refractivity contribution >= 4 is 0 Å². The predicted molar refractivity (Wildman–Crippen MR) is 60.3 cm³/mol. The van der Waals surface area contributed by atoms with E-state index in [2.05, 4.69) is 32.9 Å². The van der Waals surface area contributed by atoms with E-state index in [9.17, 15) is 0 Å². The third-order valence-electron chi connectivity index (χ3n) is 2.58. The summed E-state index contributed by atoms with van der Waals surface area (Å²) < 4.78 is 11.4. The second-order valence-electron chi connectivity index (χ2n) is 4.38. The first-order chi connectivity index (χ1) is 7.20. The van der Waals surface area contributed by atoms with E-state index in [1.165, 1.54) is 5.56 Å². The number of ether oxygens (including phenoxy) is 2. The lowest BCUT2D eigenvalue weighted by molar-refractivity contribution is 0.00910. The van der Waals surface area contributed by atoms with Crippen LogP contribution in [0.2, 0.25) is 0 Å². The van der Waals surface area contributed by atoms with E-state index < -0.39 is 0 Å². The van der Waals surface area contributed by atoms with Gasteiger partial charge in [-0.05, 0) is 24.1 Å². The predicted octanol–water partition coefficient (Wildman–Crippen LogP) is 3.39. The maximum absolute atomic E-state index is 5.73. The summed E-state index contributed by atoms with van der Waals surface area (Å²) in [5.41, 5.74) is 1.32. The van der Waals surface area contributed by atoms with Crippen LogP contribution in [0.3, 0.4) is 0 Å². The van der Waals surface area contributed by atoms with Crippen molar-refractivity contribution in [1.82, 2.24) is 0 Å². The van der Waals surface area contributed by atoms with E-state index in [-0.39, 0.29) is 6.29 Å². The van der Waals surface area contributed by atoms with E-state index in [0.29, 0.717) is 5.92 Å². The van der Waals surface area contributed by atoms with Crippen LogP contribution in [0, 0.1) is 5.92 Å². The highest BCUT2D eigenvalue weighted by Gasteiger charge is 2.26. The number of hydrogen-bond donors (Lipinski definition) is 0. The summed E-state index contributed by atoms with van der Waals surface area (Å²) in [5.74, 6) is 2.17. The molecule has 1 aromatic carbocycles. The van der Waals surface area contributed by atoms with Crippen LogP contribution in [0.5, 0.6) is 11.5 Å². The molecule has 2 nitrogen and oxygen atoms in total. The first-order valence-electron chi connectivity index (χ1n) is 5.67. The van der Waals surface area contributed by atoms with Crippen molar-refractivity contribution in [2.24, 2.45) is 5.92 Å². The Bertz CT molecular complexity index is 344. The molecule has 0 saturated carbocycles. The van der Waals surface area contributed by atoms with Crippen LogP contribution in [0.1, 0.15) is 32.8 Å². The maximum Gasteiger partial charge on any atom is 0.243 e. The molecule has 0 bridgehead atoms. The second-order valence-corrected chi connectivity index (χ2v) is 4.38. The molecule has 15 heavy (non-hydrogen) atoms.